The molecule has 0 bridgehead atoms. The average Bonchev–Trinajstić information content (AvgIpc) is 2.66. The Morgan fingerprint density at radius 2 is 1.70 bits per heavy atom. The summed E-state index contributed by atoms with van der Waals surface area (Å²) in [5.41, 5.74) is 5.38. The number of ether oxygens (including phenoxy) is 1. The second-order valence-corrected chi connectivity index (χ2v) is 6.85. The number of hydrogen-bond acceptors (Lipinski definition) is 4. The Bertz CT molecular complexity index is 885. The highest BCUT2D eigenvalue weighted by Gasteiger charge is 2.09. The molecule has 0 aliphatic rings. The monoisotopic (exact) mass is 470 g/mol. The fourth-order valence-corrected chi connectivity index (χ4v) is 2.37. The minimum atomic E-state index is -0.726. The van der Waals surface area contributed by atoms with Gasteiger partial charge in [-0.05, 0) is 48.0 Å². The van der Waals surface area contributed by atoms with Crippen LogP contribution in [0.5, 0.6) is 0 Å². The third kappa shape index (κ3) is 7.05. The van der Waals surface area contributed by atoms with E-state index in [4.69, 9.17) is 27.9 Å². The van der Waals surface area contributed by atoms with Crippen molar-refractivity contribution < 1.29 is 19.1 Å². The van der Waals surface area contributed by atoms with Gasteiger partial charge in [0.15, 0.2) is 6.61 Å². The van der Waals surface area contributed by atoms with Crippen molar-refractivity contribution in [3.8, 4) is 0 Å². The lowest BCUT2D eigenvalue weighted by atomic mass is 10.2. The van der Waals surface area contributed by atoms with Crippen LogP contribution in [0.2, 0.25) is 10.0 Å². The zero-order valence-corrected chi connectivity index (χ0v) is 16.8. The van der Waals surface area contributed by atoms with E-state index in [-0.39, 0.29) is 0 Å². The predicted molar refractivity (Wildman–Crippen MR) is 106 cm³/mol. The Morgan fingerprint density at radius 3 is 2.37 bits per heavy atom. The van der Waals surface area contributed by atoms with Gasteiger partial charge in [-0.1, -0.05) is 45.2 Å². The first-order valence-corrected chi connectivity index (χ1v) is 9.04. The molecule has 0 heterocycles. The lowest BCUT2D eigenvalue weighted by Gasteiger charge is -2.07. The van der Waals surface area contributed by atoms with E-state index >= 15 is 0 Å². The summed E-state index contributed by atoms with van der Waals surface area (Å²) in [6.45, 7) is -0.550. The second-order valence-electron chi connectivity index (χ2n) is 5.12. The molecule has 140 valence electrons. The first-order chi connectivity index (χ1) is 12.8. The Labute approximate surface area is 173 Å². The molecule has 0 aliphatic carbocycles. The molecule has 0 fully saturated rings. The third-order valence-corrected chi connectivity index (χ3v) is 4.39. The largest absolute Gasteiger partial charge is 0.452 e. The van der Waals surface area contributed by atoms with E-state index < -0.39 is 24.4 Å². The molecule has 0 unspecified atom stereocenters. The van der Waals surface area contributed by atoms with E-state index in [9.17, 15) is 14.4 Å². The van der Waals surface area contributed by atoms with E-state index in [1.165, 1.54) is 6.08 Å². The van der Waals surface area contributed by atoms with Crippen LogP contribution in [0.4, 0.5) is 0 Å². The van der Waals surface area contributed by atoms with Gasteiger partial charge in [0.2, 0.25) is 0 Å². The molecular weight excluding hydrogens is 459 g/mol. The molecular formula is C18H13BrCl2N2O4. The van der Waals surface area contributed by atoms with Crippen LogP contribution in [-0.2, 0) is 14.3 Å². The normalized spacial score (nSPS) is 10.5. The minimum absolute atomic E-state index is 0.355. The van der Waals surface area contributed by atoms with Gasteiger partial charge in [-0.2, -0.15) is 0 Å². The second kappa shape index (κ2) is 10.1. The van der Waals surface area contributed by atoms with Gasteiger partial charge in [-0.15, -0.1) is 0 Å². The molecule has 27 heavy (non-hydrogen) atoms. The predicted octanol–water partition coefficient (Wildman–Crippen LogP) is 3.77. The Kier molecular flexibility index (Phi) is 7.84. The number of hydrazine groups is 1. The van der Waals surface area contributed by atoms with Crippen molar-refractivity contribution >= 4 is 63.0 Å². The van der Waals surface area contributed by atoms with Crippen LogP contribution in [0.25, 0.3) is 6.08 Å². The van der Waals surface area contributed by atoms with Crippen molar-refractivity contribution in [2.24, 2.45) is 0 Å². The average molecular weight is 472 g/mol. The number of esters is 1. The highest BCUT2D eigenvalue weighted by Crippen LogP contribution is 2.23. The van der Waals surface area contributed by atoms with Crippen LogP contribution in [0, 0.1) is 0 Å². The summed E-state index contributed by atoms with van der Waals surface area (Å²) >= 11 is 14.9. The number of carbonyl (C=O) groups is 3. The molecule has 0 saturated carbocycles. The summed E-state index contributed by atoms with van der Waals surface area (Å²) in [4.78, 5) is 35.1. The molecule has 2 aromatic carbocycles. The maximum atomic E-state index is 11.8. The van der Waals surface area contributed by atoms with Gasteiger partial charge in [-0.25, -0.2) is 4.79 Å². The maximum Gasteiger partial charge on any atom is 0.331 e. The number of benzene rings is 2. The lowest BCUT2D eigenvalue weighted by Crippen LogP contribution is -2.43. The highest BCUT2D eigenvalue weighted by atomic mass is 79.9. The Balaban J connectivity index is 1.75. The molecule has 2 aromatic rings. The van der Waals surface area contributed by atoms with Crippen molar-refractivity contribution in [3.05, 3.63) is 74.2 Å². The van der Waals surface area contributed by atoms with Gasteiger partial charge in [0.05, 0.1) is 10.0 Å². The highest BCUT2D eigenvalue weighted by molar-refractivity contribution is 9.10. The molecule has 0 aromatic heterocycles. The number of hydrogen-bond donors (Lipinski definition) is 2. The van der Waals surface area contributed by atoms with Crippen molar-refractivity contribution in [1.82, 2.24) is 10.9 Å². The first-order valence-electron chi connectivity index (χ1n) is 7.50. The fourth-order valence-electron chi connectivity index (χ4n) is 1.80. The number of rotatable bonds is 5. The van der Waals surface area contributed by atoms with E-state index in [0.717, 1.165) is 10.5 Å². The van der Waals surface area contributed by atoms with Gasteiger partial charge in [0, 0.05) is 16.1 Å². The van der Waals surface area contributed by atoms with Crippen molar-refractivity contribution in [2.45, 2.75) is 0 Å². The van der Waals surface area contributed by atoms with Crippen LogP contribution in [-0.4, -0.2) is 24.4 Å². The van der Waals surface area contributed by atoms with Crippen molar-refractivity contribution in [2.75, 3.05) is 6.61 Å². The molecule has 2 rings (SSSR count). The standard InChI is InChI=1S/C18H13BrCl2N2O4/c19-13-5-3-12(4-6-13)18(26)23-22-16(24)10-27-17(25)8-2-11-1-7-14(20)15(21)9-11/h1-9H,10H2,(H,22,24)(H,23,26)/b8-2+. The quantitative estimate of drug-likeness (QED) is 0.395. The lowest BCUT2D eigenvalue weighted by molar-refractivity contribution is -0.144. The first kappa shape index (κ1) is 21.0. The number of halogens is 3. The summed E-state index contributed by atoms with van der Waals surface area (Å²) in [7, 11) is 0. The molecule has 0 radical (unpaired) electrons. The Hall–Kier alpha value is -2.35. The van der Waals surface area contributed by atoms with Gasteiger partial charge in [0.1, 0.15) is 0 Å². The number of carbonyl (C=O) groups excluding carboxylic acids is 3. The van der Waals surface area contributed by atoms with Gasteiger partial charge >= 0.3 is 5.97 Å². The molecule has 0 saturated heterocycles. The third-order valence-electron chi connectivity index (χ3n) is 3.12. The van der Waals surface area contributed by atoms with Crippen molar-refractivity contribution in [3.63, 3.8) is 0 Å². The minimum Gasteiger partial charge on any atom is -0.452 e. The molecule has 0 spiro atoms. The molecule has 0 aliphatic heterocycles. The zero-order valence-electron chi connectivity index (χ0n) is 13.7. The van der Waals surface area contributed by atoms with E-state index in [1.54, 1.807) is 42.5 Å². The van der Waals surface area contributed by atoms with Crippen LogP contribution in [0.15, 0.2) is 53.0 Å². The van der Waals surface area contributed by atoms with Gasteiger partial charge in [0.25, 0.3) is 11.8 Å². The van der Waals surface area contributed by atoms with Crippen LogP contribution in [0.3, 0.4) is 0 Å². The summed E-state index contributed by atoms with van der Waals surface area (Å²) in [6.07, 6.45) is 2.62. The van der Waals surface area contributed by atoms with Crippen molar-refractivity contribution in [1.29, 1.82) is 0 Å². The zero-order chi connectivity index (χ0) is 19.8. The van der Waals surface area contributed by atoms with Crippen LogP contribution in [0.1, 0.15) is 15.9 Å². The SMILES string of the molecule is O=C(COC(=O)/C=C/c1ccc(Cl)c(Cl)c1)NNC(=O)c1ccc(Br)cc1. The molecule has 6 nitrogen and oxygen atoms in total. The number of amides is 2. The van der Waals surface area contributed by atoms with Gasteiger partial charge < -0.3 is 4.74 Å². The molecule has 9 heteroatoms. The smallest absolute Gasteiger partial charge is 0.331 e. The Morgan fingerprint density at radius 1 is 1.00 bits per heavy atom. The van der Waals surface area contributed by atoms with Crippen LogP contribution < -0.4 is 10.9 Å². The summed E-state index contributed by atoms with van der Waals surface area (Å²) in [5, 5.41) is 0.756. The summed E-state index contributed by atoms with van der Waals surface area (Å²) < 4.78 is 5.60. The summed E-state index contributed by atoms with van der Waals surface area (Å²) in [6, 6.07) is 11.4. The van der Waals surface area contributed by atoms with Crippen LogP contribution >= 0.6 is 39.1 Å². The van der Waals surface area contributed by atoms with Gasteiger partial charge in [-0.3, -0.25) is 20.4 Å². The van der Waals surface area contributed by atoms with E-state index in [1.807, 2.05) is 0 Å². The number of nitrogens with one attached hydrogen (secondary N) is 2. The van der Waals surface area contributed by atoms with E-state index in [2.05, 4.69) is 26.8 Å². The molecule has 0 atom stereocenters. The fraction of sp³-hybridized carbons (Fsp3) is 0.0556. The maximum absolute atomic E-state index is 11.8. The molecule has 2 amide bonds. The molecule has 2 N–H and O–H groups in total. The van der Waals surface area contributed by atoms with E-state index in [0.29, 0.717) is 21.2 Å². The summed E-state index contributed by atoms with van der Waals surface area (Å²) in [5.74, 6) is -1.91. The topological polar surface area (TPSA) is 84.5 Å².